The Morgan fingerprint density at radius 2 is 1.76 bits per heavy atom. The molecule has 3 aromatic heterocycles. The molecule has 0 saturated heterocycles. The first-order valence-electron chi connectivity index (χ1n) is 9.35. The summed E-state index contributed by atoms with van der Waals surface area (Å²) in [6, 6.07) is 11.2. The molecule has 0 unspecified atom stereocenters. The van der Waals surface area contributed by atoms with Gasteiger partial charge in [0.15, 0.2) is 5.03 Å². The summed E-state index contributed by atoms with van der Waals surface area (Å²) in [6.45, 7) is 5.98. The lowest BCUT2D eigenvalue weighted by Gasteiger charge is -2.06. The average Bonchev–Trinajstić information content (AvgIpc) is 3.27. The zero-order chi connectivity index (χ0) is 20.8. The summed E-state index contributed by atoms with van der Waals surface area (Å²) >= 11 is 0. The molecular formula is C21H23N5O2S. The maximum Gasteiger partial charge on any atom is 0.280 e. The SMILES string of the molecule is Cc1cccn2cc(-c3ccc(NS(=O)(=O)c4cn(C)c(C(C)C)n4)cc3)nc12. The second-order valence-electron chi connectivity index (χ2n) is 7.43. The maximum absolute atomic E-state index is 12.7. The summed E-state index contributed by atoms with van der Waals surface area (Å²) in [5.74, 6) is 0.861. The van der Waals surface area contributed by atoms with Gasteiger partial charge in [-0.1, -0.05) is 32.0 Å². The molecule has 150 valence electrons. The Hall–Kier alpha value is -3.13. The predicted molar refractivity (Wildman–Crippen MR) is 113 cm³/mol. The van der Waals surface area contributed by atoms with Crippen molar-refractivity contribution in [1.82, 2.24) is 18.9 Å². The van der Waals surface area contributed by atoms with Crippen molar-refractivity contribution in [3.63, 3.8) is 0 Å². The number of nitrogens with zero attached hydrogens (tertiary/aromatic N) is 4. The van der Waals surface area contributed by atoms with Crippen LogP contribution in [0.4, 0.5) is 5.69 Å². The van der Waals surface area contributed by atoms with E-state index >= 15 is 0 Å². The van der Waals surface area contributed by atoms with E-state index in [2.05, 4.69) is 14.7 Å². The van der Waals surface area contributed by atoms with Crippen LogP contribution in [0.25, 0.3) is 16.9 Å². The third-order valence-electron chi connectivity index (χ3n) is 4.79. The second-order valence-corrected chi connectivity index (χ2v) is 9.06. The van der Waals surface area contributed by atoms with E-state index in [1.165, 1.54) is 6.20 Å². The Kier molecular flexibility index (Phi) is 4.66. The molecule has 7 nitrogen and oxygen atoms in total. The van der Waals surface area contributed by atoms with Crippen molar-refractivity contribution in [1.29, 1.82) is 0 Å². The van der Waals surface area contributed by atoms with Crippen molar-refractivity contribution in [3.05, 3.63) is 66.4 Å². The van der Waals surface area contributed by atoms with Crippen LogP contribution in [0.2, 0.25) is 0 Å². The highest BCUT2D eigenvalue weighted by molar-refractivity contribution is 7.92. The lowest BCUT2D eigenvalue weighted by molar-refractivity contribution is 0.597. The first-order valence-corrected chi connectivity index (χ1v) is 10.8. The Labute approximate surface area is 170 Å². The van der Waals surface area contributed by atoms with Crippen molar-refractivity contribution < 1.29 is 8.42 Å². The van der Waals surface area contributed by atoms with Crippen LogP contribution < -0.4 is 4.72 Å². The fourth-order valence-corrected chi connectivity index (χ4v) is 4.39. The Balaban J connectivity index is 1.59. The normalized spacial score (nSPS) is 12.0. The summed E-state index contributed by atoms with van der Waals surface area (Å²) in [5, 5.41) is 0.0172. The fourth-order valence-electron chi connectivity index (χ4n) is 3.33. The first kappa shape index (κ1) is 19.2. The van der Waals surface area contributed by atoms with Crippen LogP contribution in [-0.4, -0.2) is 27.4 Å². The molecule has 0 fully saturated rings. The number of benzene rings is 1. The summed E-state index contributed by atoms with van der Waals surface area (Å²) in [5.41, 5.74) is 4.23. The predicted octanol–water partition coefficient (Wildman–Crippen LogP) is 3.97. The van der Waals surface area contributed by atoms with E-state index < -0.39 is 10.0 Å². The van der Waals surface area contributed by atoms with Crippen LogP contribution >= 0.6 is 0 Å². The van der Waals surface area contributed by atoms with Crippen molar-refractivity contribution in [2.45, 2.75) is 31.7 Å². The van der Waals surface area contributed by atoms with Crippen molar-refractivity contribution in [3.8, 4) is 11.3 Å². The van der Waals surface area contributed by atoms with E-state index in [1.54, 1.807) is 23.7 Å². The minimum atomic E-state index is -3.75. The lowest BCUT2D eigenvalue weighted by Crippen LogP contribution is -2.13. The number of hydrogen-bond donors (Lipinski definition) is 1. The second kappa shape index (κ2) is 7.04. The minimum absolute atomic E-state index is 0.0172. The van der Waals surface area contributed by atoms with Gasteiger partial charge in [0.1, 0.15) is 11.5 Å². The Morgan fingerprint density at radius 3 is 2.38 bits per heavy atom. The summed E-state index contributed by atoms with van der Waals surface area (Å²) < 4.78 is 31.7. The largest absolute Gasteiger partial charge is 0.336 e. The number of imidazole rings is 2. The third kappa shape index (κ3) is 3.63. The van der Waals surface area contributed by atoms with Gasteiger partial charge in [0.2, 0.25) is 0 Å². The van der Waals surface area contributed by atoms with Gasteiger partial charge in [0.05, 0.1) is 5.69 Å². The molecule has 0 saturated carbocycles. The van der Waals surface area contributed by atoms with Crippen LogP contribution in [0.1, 0.15) is 31.2 Å². The third-order valence-corrected chi connectivity index (χ3v) is 6.04. The van der Waals surface area contributed by atoms with E-state index in [0.29, 0.717) is 5.69 Å². The van der Waals surface area contributed by atoms with Gasteiger partial charge in [-0.05, 0) is 30.7 Å². The molecule has 8 heteroatoms. The lowest BCUT2D eigenvalue weighted by atomic mass is 10.1. The van der Waals surface area contributed by atoms with Gasteiger partial charge in [-0.3, -0.25) is 4.72 Å². The van der Waals surface area contributed by atoms with E-state index in [4.69, 9.17) is 0 Å². The topological polar surface area (TPSA) is 81.3 Å². The maximum atomic E-state index is 12.7. The molecule has 4 aromatic rings. The zero-order valence-corrected chi connectivity index (χ0v) is 17.6. The molecule has 4 rings (SSSR count). The van der Waals surface area contributed by atoms with Crippen LogP contribution in [-0.2, 0) is 17.1 Å². The molecule has 0 amide bonds. The van der Waals surface area contributed by atoms with Gasteiger partial charge in [-0.2, -0.15) is 8.42 Å². The monoisotopic (exact) mass is 409 g/mol. The number of rotatable bonds is 5. The van der Waals surface area contributed by atoms with Crippen LogP contribution in [0.5, 0.6) is 0 Å². The van der Waals surface area contributed by atoms with Crippen molar-refractivity contribution in [2.75, 3.05) is 4.72 Å². The molecule has 3 heterocycles. The van der Waals surface area contributed by atoms with E-state index in [9.17, 15) is 8.42 Å². The highest BCUT2D eigenvalue weighted by atomic mass is 32.2. The molecular weight excluding hydrogens is 386 g/mol. The van der Waals surface area contributed by atoms with Gasteiger partial charge < -0.3 is 8.97 Å². The number of anilines is 1. The van der Waals surface area contributed by atoms with Crippen LogP contribution in [0.15, 0.2) is 60.0 Å². The fraction of sp³-hybridized carbons (Fsp3) is 0.238. The highest BCUT2D eigenvalue weighted by Crippen LogP contribution is 2.24. The highest BCUT2D eigenvalue weighted by Gasteiger charge is 2.21. The number of aryl methyl sites for hydroxylation is 2. The van der Waals surface area contributed by atoms with Gasteiger partial charge in [0.25, 0.3) is 10.0 Å². The number of aromatic nitrogens is 4. The number of fused-ring (bicyclic) bond motifs is 1. The zero-order valence-electron chi connectivity index (χ0n) is 16.8. The summed E-state index contributed by atoms with van der Waals surface area (Å²) in [7, 11) is -1.96. The molecule has 29 heavy (non-hydrogen) atoms. The molecule has 0 aliphatic rings. The van der Waals surface area contributed by atoms with E-state index in [1.807, 2.05) is 61.8 Å². The molecule has 0 aliphatic carbocycles. The van der Waals surface area contributed by atoms with Crippen LogP contribution in [0.3, 0.4) is 0 Å². The smallest absolute Gasteiger partial charge is 0.280 e. The van der Waals surface area contributed by atoms with Crippen LogP contribution in [0, 0.1) is 6.92 Å². The quantitative estimate of drug-likeness (QED) is 0.541. The first-order chi connectivity index (χ1) is 13.7. The molecule has 0 aliphatic heterocycles. The van der Waals surface area contributed by atoms with Crippen molar-refractivity contribution in [2.24, 2.45) is 7.05 Å². The van der Waals surface area contributed by atoms with Gasteiger partial charge >= 0.3 is 0 Å². The Bertz CT molecular complexity index is 1280. The van der Waals surface area contributed by atoms with Crippen molar-refractivity contribution >= 4 is 21.4 Å². The summed E-state index contributed by atoms with van der Waals surface area (Å²) in [4.78, 5) is 8.95. The summed E-state index contributed by atoms with van der Waals surface area (Å²) in [6.07, 6.45) is 5.45. The number of pyridine rings is 1. The molecule has 0 spiro atoms. The molecule has 1 N–H and O–H groups in total. The molecule has 0 radical (unpaired) electrons. The average molecular weight is 410 g/mol. The van der Waals surface area contributed by atoms with Gasteiger partial charge in [-0.15, -0.1) is 0 Å². The van der Waals surface area contributed by atoms with Gasteiger partial charge in [0, 0.05) is 42.8 Å². The van der Waals surface area contributed by atoms with Gasteiger partial charge in [-0.25, -0.2) is 9.97 Å². The molecule has 0 atom stereocenters. The van der Waals surface area contributed by atoms with E-state index in [0.717, 1.165) is 28.3 Å². The van der Waals surface area contributed by atoms with E-state index in [-0.39, 0.29) is 10.9 Å². The number of sulfonamides is 1. The molecule has 1 aromatic carbocycles. The standard InChI is InChI=1S/C21H23N5O2S/c1-14(2)20-23-19(13-25(20)4)29(27,28)24-17-9-7-16(8-10-17)18-12-26-11-5-6-15(3)21(26)22-18/h5-14,24H,1-4H3. The Morgan fingerprint density at radius 1 is 1.03 bits per heavy atom. The molecule has 0 bridgehead atoms. The number of nitrogens with one attached hydrogen (secondary N) is 1. The minimum Gasteiger partial charge on any atom is -0.336 e. The number of hydrogen-bond acceptors (Lipinski definition) is 4.